The molecule has 3 aromatic heterocycles. The molecule has 25 heavy (non-hydrogen) atoms. The number of rotatable bonds is 4. The fraction of sp³-hybridized carbons (Fsp3) is 0.0455. The third-order valence-electron chi connectivity index (χ3n) is 4.24. The average molecular weight is 324 g/mol. The van der Waals surface area contributed by atoms with Gasteiger partial charge in [-0.1, -0.05) is 24.3 Å². The minimum Gasteiger partial charge on any atom is -0.265 e. The van der Waals surface area contributed by atoms with Gasteiger partial charge in [0.2, 0.25) is 0 Å². The first-order valence-corrected chi connectivity index (χ1v) is 8.27. The molecule has 0 saturated carbocycles. The third-order valence-corrected chi connectivity index (χ3v) is 4.24. The van der Waals surface area contributed by atoms with Crippen LogP contribution in [-0.4, -0.2) is 9.97 Å². The van der Waals surface area contributed by atoms with Gasteiger partial charge in [0.05, 0.1) is 0 Å². The summed E-state index contributed by atoms with van der Waals surface area (Å²) in [6.07, 6.45) is 11.5. The molecule has 3 heterocycles. The van der Waals surface area contributed by atoms with E-state index in [9.17, 15) is 0 Å². The summed E-state index contributed by atoms with van der Waals surface area (Å²) >= 11 is 0. The summed E-state index contributed by atoms with van der Waals surface area (Å²) in [5, 5.41) is 0. The van der Waals surface area contributed by atoms with Crippen molar-refractivity contribution in [3.05, 3.63) is 103 Å². The zero-order valence-electron chi connectivity index (χ0n) is 13.8. The molecule has 3 heteroatoms. The van der Waals surface area contributed by atoms with E-state index in [1.54, 1.807) is 0 Å². The average Bonchev–Trinajstić information content (AvgIpc) is 2.71. The lowest BCUT2D eigenvalue weighted by atomic mass is 10.1. The Morgan fingerprint density at radius 2 is 0.960 bits per heavy atom. The molecule has 0 bridgehead atoms. The molecule has 0 atom stereocenters. The van der Waals surface area contributed by atoms with E-state index in [0.717, 1.165) is 6.54 Å². The minimum absolute atomic E-state index is 0.854. The minimum atomic E-state index is 0.854. The first kappa shape index (κ1) is 15.2. The highest BCUT2D eigenvalue weighted by Gasteiger charge is 2.05. The van der Waals surface area contributed by atoms with Gasteiger partial charge in [0.1, 0.15) is 0 Å². The number of pyridine rings is 3. The van der Waals surface area contributed by atoms with Crippen molar-refractivity contribution in [2.75, 3.05) is 0 Å². The molecule has 0 radical (unpaired) electrons. The van der Waals surface area contributed by atoms with Crippen LogP contribution in [0.4, 0.5) is 0 Å². The summed E-state index contributed by atoms with van der Waals surface area (Å²) in [6, 6.07) is 21.1. The lowest BCUT2D eigenvalue weighted by Gasteiger charge is -2.03. The summed E-state index contributed by atoms with van der Waals surface area (Å²) in [5.41, 5.74) is 6.06. The zero-order chi connectivity index (χ0) is 16.9. The van der Waals surface area contributed by atoms with Gasteiger partial charge >= 0.3 is 0 Å². The quantitative estimate of drug-likeness (QED) is 0.528. The monoisotopic (exact) mass is 324 g/mol. The Bertz CT molecular complexity index is 851. The molecular weight excluding hydrogens is 306 g/mol. The molecule has 120 valence electrons. The predicted molar refractivity (Wildman–Crippen MR) is 98.6 cm³/mol. The molecule has 0 spiro atoms. The number of hydrogen-bond acceptors (Lipinski definition) is 2. The number of aromatic nitrogens is 3. The van der Waals surface area contributed by atoms with Crippen LogP contribution in [0.2, 0.25) is 0 Å². The normalized spacial score (nSPS) is 10.6. The smallest absolute Gasteiger partial charge is 0.173 e. The maximum Gasteiger partial charge on any atom is 0.173 e. The largest absolute Gasteiger partial charge is 0.265 e. The number of hydrogen-bond donors (Lipinski definition) is 0. The Hall–Kier alpha value is -3.33. The standard InChI is InChI=1S/C22H18N3/c1-3-19(20-5-11-23-12-6-20)4-2-18(1)17-25-15-9-22(10-16-25)21-7-13-24-14-8-21/h1-16H,17H2/q+1. The van der Waals surface area contributed by atoms with Crippen molar-refractivity contribution >= 4 is 0 Å². The molecule has 0 N–H and O–H groups in total. The lowest BCUT2D eigenvalue weighted by Crippen LogP contribution is -2.32. The van der Waals surface area contributed by atoms with Gasteiger partial charge in [-0.15, -0.1) is 0 Å². The van der Waals surface area contributed by atoms with Crippen molar-refractivity contribution in [2.24, 2.45) is 0 Å². The van der Waals surface area contributed by atoms with Crippen molar-refractivity contribution in [3.63, 3.8) is 0 Å². The second-order valence-corrected chi connectivity index (χ2v) is 5.93. The summed E-state index contributed by atoms with van der Waals surface area (Å²) < 4.78 is 2.19. The van der Waals surface area contributed by atoms with Crippen LogP contribution in [0.3, 0.4) is 0 Å². The Morgan fingerprint density at radius 3 is 1.48 bits per heavy atom. The van der Waals surface area contributed by atoms with E-state index < -0.39 is 0 Å². The van der Waals surface area contributed by atoms with Gasteiger partial charge in [-0.25, -0.2) is 4.57 Å². The van der Waals surface area contributed by atoms with E-state index in [1.807, 2.05) is 49.1 Å². The maximum atomic E-state index is 4.07. The summed E-state index contributed by atoms with van der Waals surface area (Å²) in [6.45, 7) is 0.854. The fourth-order valence-electron chi connectivity index (χ4n) is 2.86. The van der Waals surface area contributed by atoms with Crippen molar-refractivity contribution in [3.8, 4) is 22.3 Å². The molecule has 0 saturated heterocycles. The van der Waals surface area contributed by atoms with Crippen LogP contribution in [0.1, 0.15) is 5.56 Å². The fourth-order valence-corrected chi connectivity index (χ4v) is 2.86. The highest BCUT2D eigenvalue weighted by Crippen LogP contribution is 2.19. The van der Waals surface area contributed by atoms with Crippen LogP contribution in [0, 0.1) is 0 Å². The highest BCUT2D eigenvalue weighted by molar-refractivity contribution is 5.63. The van der Waals surface area contributed by atoms with Gasteiger partial charge in [-0.05, 0) is 46.5 Å². The Balaban J connectivity index is 1.49. The maximum absolute atomic E-state index is 4.07. The lowest BCUT2D eigenvalue weighted by molar-refractivity contribution is -0.688. The predicted octanol–water partition coefficient (Wildman–Crippen LogP) is 4.15. The van der Waals surface area contributed by atoms with Crippen molar-refractivity contribution in [2.45, 2.75) is 6.54 Å². The zero-order valence-corrected chi connectivity index (χ0v) is 13.8. The van der Waals surface area contributed by atoms with Gasteiger partial charge in [0, 0.05) is 42.5 Å². The first-order chi connectivity index (χ1) is 12.4. The van der Waals surface area contributed by atoms with E-state index in [1.165, 1.54) is 27.8 Å². The summed E-state index contributed by atoms with van der Waals surface area (Å²) in [5.74, 6) is 0. The van der Waals surface area contributed by atoms with Crippen LogP contribution in [-0.2, 0) is 6.54 Å². The van der Waals surface area contributed by atoms with Crippen molar-refractivity contribution in [1.82, 2.24) is 9.97 Å². The Kier molecular flexibility index (Phi) is 4.29. The van der Waals surface area contributed by atoms with Gasteiger partial charge in [-0.2, -0.15) is 0 Å². The van der Waals surface area contributed by atoms with E-state index in [0.29, 0.717) is 0 Å². The molecule has 4 aromatic rings. The molecule has 4 rings (SSSR count). The topological polar surface area (TPSA) is 29.7 Å². The van der Waals surface area contributed by atoms with Crippen LogP contribution < -0.4 is 4.57 Å². The SMILES string of the molecule is c1cc(-c2ccc(C[n+]3ccc(-c4ccncc4)cc3)cc2)ccn1. The van der Waals surface area contributed by atoms with E-state index in [-0.39, 0.29) is 0 Å². The number of nitrogens with zero attached hydrogens (tertiary/aromatic N) is 3. The molecule has 0 aliphatic heterocycles. The third kappa shape index (κ3) is 3.61. The molecule has 0 fully saturated rings. The molecule has 0 aliphatic rings. The first-order valence-electron chi connectivity index (χ1n) is 8.27. The van der Waals surface area contributed by atoms with Gasteiger partial charge in [-0.3, -0.25) is 9.97 Å². The molecule has 1 aromatic carbocycles. The Labute approximate surface area is 147 Å². The molecule has 0 aliphatic carbocycles. The second-order valence-electron chi connectivity index (χ2n) is 5.93. The van der Waals surface area contributed by atoms with Crippen LogP contribution in [0.5, 0.6) is 0 Å². The molecule has 0 unspecified atom stereocenters. The van der Waals surface area contributed by atoms with E-state index in [4.69, 9.17) is 0 Å². The van der Waals surface area contributed by atoms with Crippen LogP contribution >= 0.6 is 0 Å². The second kappa shape index (κ2) is 7.05. The van der Waals surface area contributed by atoms with Crippen molar-refractivity contribution in [1.29, 1.82) is 0 Å². The van der Waals surface area contributed by atoms with Crippen LogP contribution in [0.25, 0.3) is 22.3 Å². The molecule has 0 amide bonds. The number of benzene rings is 1. The highest BCUT2D eigenvalue weighted by atomic mass is 14.9. The van der Waals surface area contributed by atoms with Gasteiger partial charge in [0.25, 0.3) is 0 Å². The summed E-state index contributed by atoms with van der Waals surface area (Å²) in [4.78, 5) is 8.13. The summed E-state index contributed by atoms with van der Waals surface area (Å²) in [7, 11) is 0. The van der Waals surface area contributed by atoms with E-state index in [2.05, 4.69) is 63.3 Å². The van der Waals surface area contributed by atoms with Gasteiger partial charge in [0.15, 0.2) is 18.9 Å². The van der Waals surface area contributed by atoms with E-state index >= 15 is 0 Å². The van der Waals surface area contributed by atoms with Crippen LogP contribution in [0.15, 0.2) is 97.8 Å². The molecule has 3 nitrogen and oxygen atoms in total. The van der Waals surface area contributed by atoms with Gasteiger partial charge < -0.3 is 0 Å². The Morgan fingerprint density at radius 1 is 0.520 bits per heavy atom. The van der Waals surface area contributed by atoms with Crippen molar-refractivity contribution < 1.29 is 4.57 Å². The molecular formula is C22H18N3+.